The second-order valence-electron chi connectivity index (χ2n) is 3.17. The fraction of sp³-hybridized carbons (Fsp3) is 0.300. The largest absolute Gasteiger partial charge is 0.380 e. The van der Waals surface area contributed by atoms with Crippen molar-refractivity contribution in [1.82, 2.24) is 9.38 Å². The minimum atomic E-state index is 0.486. The van der Waals surface area contributed by atoms with Crippen LogP contribution in [0, 0.1) is 6.92 Å². The Morgan fingerprint density at radius 3 is 3.07 bits per heavy atom. The summed E-state index contributed by atoms with van der Waals surface area (Å²) in [4.78, 5) is 4.30. The molecule has 0 N–H and O–H groups in total. The zero-order valence-corrected chi connectivity index (χ0v) is 8.88. The summed E-state index contributed by atoms with van der Waals surface area (Å²) < 4.78 is 7.09. The molecule has 0 spiro atoms. The Morgan fingerprint density at radius 1 is 1.57 bits per heavy atom. The summed E-state index contributed by atoms with van der Waals surface area (Å²) in [5, 5.41) is 0.699. The molecule has 0 saturated heterocycles. The average molecular weight is 211 g/mol. The summed E-state index contributed by atoms with van der Waals surface area (Å²) in [7, 11) is 1.65. The Balaban J connectivity index is 2.70. The van der Waals surface area contributed by atoms with Crippen molar-refractivity contribution in [3.05, 3.63) is 34.7 Å². The fourth-order valence-corrected chi connectivity index (χ4v) is 1.68. The molecule has 0 aliphatic carbocycles. The number of aryl methyl sites for hydroxylation is 1. The SMILES string of the molecule is COCc1c(Cl)ccn2c(C)cnc12. The topological polar surface area (TPSA) is 26.5 Å². The number of hydrogen-bond acceptors (Lipinski definition) is 2. The molecule has 0 atom stereocenters. The highest BCUT2D eigenvalue weighted by atomic mass is 35.5. The number of nitrogens with zero attached hydrogens (tertiary/aromatic N) is 2. The Kier molecular flexibility index (Phi) is 2.44. The van der Waals surface area contributed by atoms with E-state index in [1.165, 1.54) is 0 Å². The highest BCUT2D eigenvalue weighted by molar-refractivity contribution is 6.31. The van der Waals surface area contributed by atoms with E-state index in [1.807, 2.05) is 29.8 Å². The van der Waals surface area contributed by atoms with Gasteiger partial charge in [0.25, 0.3) is 0 Å². The zero-order chi connectivity index (χ0) is 10.1. The van der Waals surface area contributed by atoms with Crippen LogP contribution in [0.3, 0.4) is 0 Å². The molecule has 0 amide bonds. The smallest absolute Gasteiger partial charge is 0.143 e. The second-order valence-corrected chi connectivity index (χ2v) is 3.58. The number of pyridine rings is 1. The highest BCUT2D eigenvalue weighted by Gasteiger charge is 2.08. The number of imidazole rings is 1. The van der Waals surface area contributed by atoms with Gasteiger partial charge in [-0.15, -0.1) is 0 Å². The quantitative estimate of drug-likeness (QED) is 0.761. The summed E-state index contributed by atoms with van der Waals surface area (Å²) in [6.07, 6.45) is 3.74. The number of hydrogen-bond donors (Lipinski definition) is 0. The van der Waals surface area contributed by atoms with Gasteiger partial charge in [0.2, 0.25) is 0 Å². The van der Waals surface area contributed by atoms with Crippen LogP contribution in [0.15, 0.2) is 18.5 Å². The molecule has 2 heterocycles. The predicted octanol–water partition coefficient (Wildman–Crippen LogP) is 2.44. The maximum absolute atomic E-state index is 6.06. The van der Waals surface area contributed by atoms with Crippen molar-refractivity contribution in [2.24, 2.45) is 0 Å². The van der Waals surface area contributed by atoms with E-state index in [0.717, 1.165) is 16.9 Å². The molecule has 0 aliphatic rings. The maximum atomic E-state index is 6.06. The molecule has 2 aromatic heterocycles. The van der Waals surface area contributed by atoms with Crippen molar-refractivity contribution in [2.75, 3.05) is 7.11 Å². The van der Waals surface area contributed by atoms with Crippen LogP contribution < -0.4 is 0 Å². The number of fused-ring (bicyclic) bond motifs is 1. The minimum absolute atomic E-state index is 0.486. The van der Waals surface area contributed by atoms with E-state index in [0.29, 0.717) is 11.6 Å². The van der Waals surface area contributed by atoms with Crippen LogP contribution in [0.2, 0.25) is 5.02 Å². The van der Waals surface area contributed by atoms with E-state index in [9.17, 15) is 0 Å². The van der Waals surface area contributed by atoms with Crippen LogP contribution in [-0.2, 0) is 11.3 Å². The third kappa shape index (κ3) is 1.38. The lowest BCUT2D eigenvalue weighted by Crippen LogP contribution is -1.96. The van der Waals surface area contributed by atoms with Crippen molar-refractivity contribution < 1.29 is 4.74 Å². The van der Waals surface area contributed by atoms with Crippen molar-refractivity contribution in [3.63, 3.8) is 0 Å². The third-order valence-corrected chi connectivity index (χ3v) is 2.55. The molecule has 14 heavy (non-hydrogen) atoms. The van der Waals surface area contributed by atoms with Gasteiger partial charge in [0.15, 0.2) is 0 Å². The fourth-order valence-electron chi connectivity index (χ4n) is 1.48. The number of ether oxygens (including phenoxy) is 1. The summed E-state index contributed by atoms with van der Waals surface area (Å²) in [5.41, 5.74) is 2.90. The van der Waals surface area contributed by atoms with Crippen molar-refractivity contribution in [3.8, 4) is 0 Å². The molecular weight excluding hydrogens is 200 g/mol. The first-order valence-corrected chi connectivity index (χ1v) is 4.72. The van der Waals surface area contributed by atoms with Gasteiger partial charge in [-0.2, -0.15) is 0 Å². The third-order valence-electron chi connectivity index (χ3n) is 2.20. The molecule has 0 aliphatic heterocycles. The first kappa shape index (κ1) is 9.49. The highest BCUT2D eigenvalue weighted by Crippen LogP contribution is 2.21. The van der Waals surface area contributed by atoms with Gasteiger partial charge < -0.3 is 9.14 Å². The van der Waals surface area contributed by atoms with Gasteiger partial charge in [-0.3, -0.25) is 0 Å². The van der Waals surface area contributed by atoms with Gasteiger partial charge >= 0.3 is 0 Å². The molecule has 0 unspecified atom stereocenters. The van der Waals surface area contributed by atoms with Crippen LogP contribution in [0.4, 0.5) is 0 Å². The zero-order valence-electron chi connectivity index (χ0n) is 8.12. The van der Waals surface area contributed by atoms with Crippen molar-refractivity contribution >= 4 is 17.2 Å². The molecule has 2 aromatic rings. The van der Waals surface area contributed by atoms with Crippen LogP contribution >= 0.6 is 11.6 Å². The molecule has 0 radical (unpaired) electrons. The lowest BCUT2D eigenvalue weighted by atomic mass is 10.3. The number of rotatable bonds is 2. The van der Waals surface area contributed by atoms with E-state index < -0.39 is 0 Å². The molecule has 3 nitrogen and oxygen atoms in total. The maximum Gasteiger partial charge on any atom is 0.143 e. The Labute approximate surface area is 87.3 Å². The van der Waals surface area contributed by atoms with Gasteiger partial charge in [0.05, 0.1) is 11.6 Å². The predicted molar refractivity (Wildman–Crippen MR) is 55.7 cm³/mol. The summed E-state index contributed by atoms with van der Waals surface area (Å²) >= 11 is 6.06. The Bertz CT molecular complexity index is 464. The first-order valence-electron chi connectivity index (χ1n) is 4.34. The van der Waals surface area contributed by atoms with E-state index in [1.54, 1.807) is 7.11 Å². The summed E-state index contributed by atoms with van der Waals surface area (Å²) in [6.45, 7) is 2.49. The lowest BCUT2D eigenvalue weighted by molar-refractivity contribution is 0.185. The normalized spacial score (nSPS) is 11.1. The molecule has 74 valence electrons. The van der Waals surface area contributed by atoms with E-state index in [4.69, 9.17) is 16.3 Å². The molecule has 0 aromatic carbocycles. The van der Waals surface area contributed by atoms with Crippen molar-refractivity contribution in [2.45, 2.75) is 13.5 Å². The summed E-state index contributed by atoms with van der Waals surface area (Å²) in [6, 6.07) is 1.86. The lowest BCUT2D eigenvalue weighted by Gasteiger charge is -2.05. The van der Waals surface area contributed by atoms with E-state index in [2.05, 4.69) is 4.98 Å². The van der Waals surface area contributed by atoms with Crippen molar-refractivity contribution in [1.29, 1.82) is 0 Å². The standard InChI is InChI=1S/C10H11ClN2O/c1-7-5-12-10-8(6-14-2)9(11)3-4-13(7)10/h3-5H,6H2,1-2H3. The van der Waals surface area contributed by atoms with Crippen LogP contribution in [0.5, 0.6) is 0 Å². The molecule has 0 fully saturated rings. The van der Waals surface area contributed by atoms with Gasteiger partial charge in [-0.05, 0) is 13.0 Å². The number of halogens is 1. The van der Waals surface area contributed by atoms with E-state index in [-0.39, 0.29) is 0 Å². The van der Waals surface area contributed by atoms with Gasteiger partial charge in [0.1, 0.15) is 5.65 Å². The molecule has 0 saturated carbocycles. The van der Waals surface area contributed by atoms with Crippen LogP contribution in [-0.4, -0.2) is 16.5 Å². The molecular formula is C10H11ClN2O. The first-order chi connectivity index (χ1) is 6.74. The Hall–Kier alpha value is -1.06. The molecule has 4 heteroatoms. The van der Waals surface area contributed by atoms with Gasteiger partial charge in [-0.1, -0.05) is 11.6 Å². The minimum Gasteiger partial charge on any atom is -0.380 e. The monoisotopic (exact) mass is 210 g/mol. The van der Waals surface area contributed by atoms with E-state index >= 15 is 0 Å². The Morgan fingerprint density at radius 2 is 2.36 bits per heavy atom. The van der Waals surface area contributed by atoms with Crippen LogP contribution in [0.25, 0.3) is 5.65 Å². The number of aromatic nitrogens is 2. The molecule has 0 bridgehead atoms. The average Bonchev–Trinajstić information content (AvgIpc) is 2.53. The van der Waals surface area contributed by atoms with Crippen LogP contribution in [0.1, 0.15) is 11.3 Å². The molecule has 2 rings (SSSR count). The number of methoxy groups -OCH3 is 1. The second kappa shape index (κ2) is 3.59. The summed E-state index contributed by atoms with van der Waals surface area (Å²) in [5.74, 6) is 0. The van der Waals surface area contributed by atoms with Gasteiger partial charge in [-0.25, -0.2) is 4.98 Å². The van der Waals surface area contributed by atoms with Gasteiger partial charge in [0, 0.05) is 30.8 Å².